The molecule has 0 aliphatic rings. The van der Waals surface area contributed by atoms with Crippen molar-refractivity contribution in [3.05, 3.63) is 39.7 Å². The van der Waals surface area contributed by atoms with E-state index in [-0.39, 0.29) is 10.8 Å². The predicted octanol–water partition coefficient (Wildman–Crippen LogP) is 5.71. The number of hydrogen-bond acceptors (Lipinski definition) is 2. The van der Waals surface area contributed by atoms with Crippen LogP contribution in [0, 0.1) is 6.92 Å². The summed E-state index contributed by atoms with van der Waals surface area (Å²) in [6.45, 7) is 15.6. The van der Waals surface area contributed by atoms with Crippen LogP contribution in [0.2, 0.25) is 0 Å². The summed E-state index contributed by atoms with van der Waals surface area (Å²) in [5.74, 6) is 0. The zero-order valence-electron chi connectivity index (χ0n) is 13.7. The summed E-state index contributed by atoms with van der Waals surface area (Å²) < 4.78 is 0. The van der Waals surface area contributed by atoms with Crippen LogP contribution in [0.5, 0.6) is 0 Å². The van der Waals surface area contributed by atoms with E-state index in [2.05, 4.69) is 72.7 Å². The highest BCUT2D eigenvalue weighted by Crippen LogP contribution is 2.34. The molecule has 2 heteroatoms. The van der Waals surface area contributed by atoms with E-state index < -0.39 is 0 Å². The van der Waals surface area contributed by atoms with E-state index in [4.69, 9.17) is 4.98 Å². The van der Waals surface area contributed by atoms with Gasteiger partial charge in [-0.25, -0.2) is 4.98 Å². The molecule has 0 amide bonds. The molecule has 1 aromatic carbocycles. The van der Waals surface area contributed by atoms with Gasteiger partial charge in [0.1, 0.15) is 0 Å². The van der Waals surface area contributed by atoms with Gasteiger partial charge in [-0.15, -0.1) is 11.3 Å². The van der Waals surface area contributed by atoms with Gasteiger partial charge in [0.15, 0.2) is 0 Å². The predicted molar refractivity (Wildman–Crippen MR) is 89.7 cm³/mol. The van der Waals surface area contributed by atoms with Crippen LogP contribution in [0.1, 0.15) is 57.0 Å². The molecule has 0 aliphatic carbocycles. The molecular formula is C18H25NS. The molecule has 1 nitrogen and oxygen atoms in total. The van der Waals surface area contributed by atoms with E-state index in [1.54, 1.807) is 0 Å². The van der Waals surface area contributed by atoms with Gasteiger partial charge < -0.3 is 0 Å². The van der Waals surface area contributed by atoms with Crippen LogP contribution in [0.15, 0.2) is 24.3 Å². The highest BCUT2D eigenvalue weighted by Gasteiger charge is 2.21. The number of nitrogens with zero attached hydrogens (tertiary/aromatic N) is 1. The first-order chi connectivity index (χ1) is 9.09. The number of rotatable bonds is 1. The van der Waals surface area contributed by atoms with E-state index in [1.165, 1.54) is 21.0 Å². The van der Waals surface area contributed by atoms with E-state index in [0.29, 0.717) is 0 Å². The van der Waals surface area contributed by atoms with Crippen LogP contribution in [0.3, 0.4) is 0 Å². The van der Waals surface area contributed by atoms with Gasteiger partial charge in [0, 0.05) is 15.9 Å². The van der Waals surface area contributed by atoms with Crippen LogP contribution in [0.25, 0.3) is 11.3 Å². The lowest BCUT2D eigenvalue weighted by Crippen LogP contribution is -2.10. The normalized spacial score (nSPS) is 12.8. The Kier molecular flexibility index (Phi) is 3.81. The number of benzene rings is 1. The van der Waals surface area contributed by atoms with Crippen LogP contribution in [-0.2, 0) is 10.8 Å². The van der Waals surface area contributed by atoms with E-state index in [0.717, 1.165) is 5.69 Å². The van der Waals surface area contributed by atoms with Gasteiger partial charge in [-0.3, -0.25) is 0 Å². The maximum Gasteiger partial charge on any atom is 0.0988 e. The SMILES string of the molecule is Cc1sc(C(C)(C)C)nc1-c1ccc(C(C)(C)C)cc1. The first-order valence-electron chi connectivity index (χ1n) is 7.18. The van der Waals surface area contributed by atoms with Crippen molar-refractivity contribution in [3.8, 4) is 11.3 Å². The highest BCUT2D eigenvalue weighted by atomic mass is 32.1. The smallest absolute Gasteiger partial charge is 0.0988 e. The molecule has 2 aromatic rings. The standard InChI is InChI=1S/C18H25NS/c1-12-15(19-16(20-12)18(5,6)7)13-8-10-14(11-9-13)17(2,3)4/h8-11H,1-7H3. The van der Waals surface area contributed by atoms with Crippen molar-refractivity contribution in [2.24, 2.45) is 0 Å². The zero-order valence-corrected chi connectivity index (χ0v) is 14.5. The molecule has 0 aliphatic heterocycles. The second-order valence-electron chi connectivity index (χ2n) is 7.50. The van der Waals surface area contributed by atoms with Crippen molar-refractivity contribution >= 4 is 11.3 Å². The first kappa shape index (κ1) is 15.2. The summed E-state index contributed by atoms with van der Waals surface area (Å²) in [7, 11) is 0. The van der Waals surface area contributed by atoms with E-state index in [1.807, 2.05) is 11.3 Å². The minimum absolute atomic E-state index is 0.124. The quantitative estimate of drug-likeness (QED) is 0.654. The lowest BCUT2D eigenvalue weighted by Gasteiger charge is -2.19. The van der Waals surface area contributed by atoms with Crippen molar-refractivity contribution in [2.45, 2.75) is 59.3 Å². The largest absolute Gasteiger partial charge is 0.240 e. The average Bonchev–Trinajstić information content (AvgIpc) is 2.70. The summed E-state index contributed by atoms with van der Waals surface area (Å²) in [6.07, 6.45) is 0. The molecule has 0 spiro atoms. The van der Waals surface area contributed by atoms with Gasteiger partial charge in [0.25, 0.3) is 0 Å². The minimum atomic E-state index is 0.124. The Labute approximate surface area is 127 Å². The summed E-state index contributed by atoms with van der Waals surface area (Å²) in [4.78, 5) is 6.17. The third kappa shape index (κ3) is 3.12. The van der Waals surface area contributed by atoms with E-state index >= 15 is 0 Å². The van der Waals surface area contributed by atoms with Gasteiger partial charge in [-0.1, -0.05) is 65.8 Å². The van der Waals surface area contributed by atoms with Crippen LogP contribution < -0.4 is 0 Å². The summed E-state index contributed by atoms with van der Waals surface area (Å²) in [5.41, 5.74) is 4.05. The molecule has 0 fully saturated rings. The molecule has 0 atom stereocenters. The van der Waals surface area contributed by atoms with Gasteiger partial charge in [-0.05, 0) is 17.9 Å². The number of hydrogen-bond donors (Lipinski definition) is 0. The fourth-order valence-corrected chi connectivity index (χ4v) is 3.11. The third-order valence-corrected chi connectivity index (χ3v) is 4.86. The Morgan fingerprint density at radius 3 is 1.80 bits per heavy atom. The lowest BCUT2D eigenvalue weighted by molar-refractivity contribution is 0.586. The molecule has 0 radical (unpaired) electrons. The van der Waals surface area contributed by atoms with Gasteiger partial charge in [-0.2, -0.15) is 0 Å². The highest BCUT2D eigenvalue weighted by molar-refractivity contribution is 7.12. The van der Waals surface area contributed by atoms with Crippen LogP contribution in [0.4, 0.5) is 0 Å². The molecule has 0 unspecified atom stereocenters. The molecule has 0 bridgehead atoms. The molecule has 1 aromatic heterocycles. The van der Waals surface area contributed by atoms with Crippen LogP contribution >= 0.6 is 11.3 Å². The molecule has 0 saturated carbocycles. The zero-order chi connectivity index (χ0) is 15.1. The topological polar surface area (TPSA) is 12.9 Å². The van der Waals surface area contributed by atoms with Crippen molar-refractivity contribution in [1.29, 1.82) is 0 Å². The number of aromatic nitrogens is 1. The fourth-order valence-electron chi connectivity index (χ4n) is 2.11. The summed E-state index contributed by atoms with van der Waals surface area (Å²) in [6, 6.07) is 8.86. The Morgan fingerprint density at radius 1 is 0.850 bits per heavy atom. The maximum absolute atomic E-state index is 4.86. The molecule has 0 N–H and O–H groups in total. The second-order valence-corrected chi connectivity index (χ2v) is 8.70. The molecule has 108 valence electrons. The molecular weight excluding hydrogens is 262 g/mol. The van der Waals surface area contributed by atoms with Crippen molar-refractivity contribution in [3.63, 3.8) is 0 Å². The van der Waals surface area contributed by atoms with Crippen molar-refractivity contribution in [1.82, 2.24) is 4.98 Å². The van der Waals surface area contributed by atoms with Crippen LogP contribution in [-0.4, -0.2) is 4.98 Å². The van der Waals surface area contributed by atoms with Crippen molar-refractivity contribution in [2.75, 3.05) is 0 Å². The maximum atomic E-state index is 4.86. The molecule has 1 heterocycles. The number of thiazole rings is 1. The lowest BCUT2D eigenvalue weighted by atomic mass is 9.86. The monoisotopic (exact) mass is 287 g/mol. The Balaban J connectivity index is 2.40. The molecule has 20 heavy (non-hydrogen) atoms. The number of aryl methyl sites for hydroxylation is 1. The molecule has 0 saturated heterocycles. The van der Waals surface area contributed by atoms with E-state index in [9.17, 15) is 0 Å². The Bertz CT molecular complexity index is 592. The van der Waals surface area contributed by atoms with Gasteiger partial charge >= 0.3 is 0 Å². The summed E-state index contributed by atoms with van der Waals surface area (Å²) >= 11 is 1.81. The fraction of sp³-hybridized carbons (Fsp3) is 0.500. The second kappa shape index (κ2) is 5.00. The Morgan fingerprint density at radius 2 is 1.40 bits per heavy atom. The van der Waals surface area contributed by atoms with Gasteiger partial charge in [0.05, 0.1) is 10.7 Å². The molecule has 2 rings (SSSR count). The average molecular weight is 287 g/mol. The van der Waals surface area contributed by atoms with Crippen molar-refractivity contribution < 1.29 is 0 Å². The first-order valence-corrected chi connectivity index (χ1v) is 7.99. The van der Waals surface area contributed by atoms with Gasteiger partial charge in [0.2, 0.25) is 0 Å². The Hall–Kier alpha value is -1.15. The third-order valence-electron chi connectivity index (χ3n) is 3.46. The minimum Gasteiger partial charge on any atom is -0.240 e. The summed E-state index contributed by atoms with van der Waals surface area (Å²) in [5, 5.41) is 1.21.